The highest BCUT2D eigenvalue weighted by atomic mass is 16.4. The van der Waals surface area contributed by atoms with Gasteiger partial charge in [-0.05, 0) is 49.3 Å². The first-order chi connectivity index (χ1) is 16.0. The third-order valence-electron chi connectivity index (χ3n) is 7.85. The number of carboxylic acid groups (broad SMARTS) is 1. The van der Waals surface area contributed by atoms with Gasteiger partial charge in [0.2, 0.25) is 0 Å². The van der Waals surface area contributed by atoms with Crippen molar-refractivity contribution in [3.05, 3.63) is 29.6 Å². The Kier molecular flexibility index (Phi) is 7.71. The number of fused-ring (bicyclic) bond motifs is 1. The maximum Gasteiger partial charge on any atom is 0.326 e. The predicted molar refractivity (Wildman–Crippen MR) is 130 cm³/mol. The molecule has 2 N–H and O–H groups in total. The second kappa shape index (κ2) is 10.7. The highest BCUT2D eigenvalue weighted by Crippen LogP contribution is 2.35. The summed E-state index contributed by atoms with van der Waals surface area (Å²) in [5, 5.41) is 12.3. The van der Waals surface area contributed by atoms with E-state index in [1.807, 2.05) is 32.0 Å². The van der Waals surface area contributed by atoms with Gasteiger partial charge in [0.1, 0.15) is 11.9 Å². The molecule has 2 saturated carbocycles. The summed E-state index contributed by atoms with van der Waals surface area (Å²) in [5.74, 6) is 0.797. The van der Waals surface area contributed by atoms with E-state index in [4.69, 9.17) is 4.98 Å². The van der Waals surface area contributed by atoms with E-state index in [0.717, 1.165) is 23.9 Å². The molecule has 1 aromatic carbocycles. The molecule has 6 heteroatoms. The number of aliphatic carboxylic acids is 1. The number of hydrogen-bond donors (Lipinski definition) is 2. The molecular formula is C27H39N3O3. The van der Waals surface area contributed by atoms with Crippen LogP contribution in [0.15, 0.2) is 18.2 Å². The zero-order valence-corrected chi connectivity index (χ0v) is 20.2. The SMILES string of the molecule is CCC(C)C[C@H](NC(=O)c1ccc2c(c1)nc(CC1CCCC1)n2C1CCCCC1)C(=O)O. The zero-order valence-electron chi connectivity index (χ0n) is 20.2. The Morgan fingerprint density at radius 3 is 2.48 bits per heavy atom. The summed E-state index contributed by atoms with van der Waals surface area (Å²) >= 11 is 0. The molecule has 1 heterocycles. The highest BCUT2D eigenvalue weighted by Gasteiger charge is 2.26. The minimum atomic E-state index is -0.981. The van der Waals surface area contributed by atoms with E-state index >= 15 is 0 Å². The van der Waals surface area contributed by atoms with Crippen LogP contribution in [0.25, 0.3) is 11.0 Å². The van der Waals surface area contributed by atoms with Gasteiger partial charge in [0.05, 0.1) is 11.0 Å². The van der Waals surface area contributed by atoms with Gasteiger partial charge in [-0.2, -0.15) is 0 Å². The van der Waals surface area contributed by atoms with Gasteiger partial charge >= 0.3 is 5.97 Å². The van der Waals surface area contributed by atoms with Crippen molar-refractivity contribution < 1.29 is 14.7 Å². The van der Waals surface area contributed by atoms with E-state index in [-0.39, 0.29) is 11.8 Å². The molecule has 2 fully saturated rings. The second-order valence-electron chi connectivity index (χ2n) is 10.4. The molecule has 0 radical (unpaired) electrons. The maximum absolute atomic E-state index is 12.9. The van der Waals surface area contributed by atoms with Gasteiger partial charge in [0, 0.05) is 18.0 Å². The van der Waals surface area contributed by atoms with Gasteiger partial charge in [-0.3, -0.25) is 4.79 Å². The van der Waals surface area contributed by atoms with Crippen LogP contribution in [0.3, 0.4) is 0 Å². The van der Waals surface area contributed by atoms with Crippen molar-refractivity contribution in [2.75, 3.05) is 0 Å². The first-order valence-corrected chi connectivity index (χ1v) is 13.0. The van der Waals surface area contributed by atoms with Crippen LogP contribution in [0.1, 0.15) is 107 Å². The lowest BCUT2D eigenvalue weighted by atomic mass is 9.94. The quantitative estimate of drug-likeness (QED) is 0.495. The Labute approximate surface area is 197 Å². The molecule has 1 aromatic heterocycles. The molecule has 2 atom stereocenters. The molecule has 0 aliphatic heterocycles. The van der Waals surface area contributed by atoms with Gasteiger partial charge in [-0.15, -0.1) is 0 Å². The lowest BCUT2D eigenvalue weighted by Crippen LogP contribution is -2.41. The van der Waals surface area contributed by atoms with Gasteiger partial charge in [0.25, 0.3) is 5.91 Å². The lowest BCUT2D eigenvalue weighted by molar-refractivity contribution is -0.139. The molecule has 2 aliphatic rings. The minimum absolute atomic E-state index is 0.234. The smallest absolute Gasteiger partial charge is 0.326 e. The van der Waals surface area contributed by atoms with E-state index in [0.29, 0.717) is 23.9 Å². The van der Waals surface area contributed by atoms with Crippen LogP contribution < -0.4 is 5.32 Å². The topological polar surface area (TPSA) is 84.2 Å². The fourth-order valence-electron chi connectivity index (χ4n) is 5.69. The highest BCUT2D eigenvalue weighted by molar-refractivity contribution is 5.99. The first-order valence-electron chi connectivity index (χ1n) is 13.0. The van der Waals surface area contributed by atoms with Crippen LogP contribution in [-0.4, -0.2) is 32.6 Å². The summed E-state index contributed by atoms with van der Waals surface area (Å²) in [4.78, 5) is 29.7. The average Bonchev–Trinajstić information content (AvgIpc) is 3.45. The number of carbonyl (C=O) groups excluding carboxylic acids is 1. The number of imidazole rings is 1. The van der Waals surface area contributed by atoms with Crippen molar-refractivity contribution in [1.29, 1.82) is 0 Å². The second-order valence-corrected chi connectivity index (χ2v) is 10.4. The van der Waals surface area contributed by atoms with Gasteiger partial charge in [-0.25, -0.2) is 9.78 Å². The molecule has 6 nitrogen and oxygen atoms in total. The van der Waals surface area contributed by atoms with E-state index in [9.17, 15) is 14.7 Å². The monoisotopic (exact) mass is 453 g/mol. The Balaban J connectivity index is 1.60. The first kappa shape index (κ1) is 23.8. The summed E-state index contributed by atoms with van der Waals surface area (Å²) in [5.41, 5.74) is 2.45. The van der Waals surface area contributed by atoms with Crippen LogP contribution in [-0.2, 0) is 11.2 Å². The maximum atomic E-state index is 12.9. The van der Waals surface area contributed by atoms with Crippen molar-refractivity contribution in [3.8, 4) is 0 Å². The molecule has 33 heavy (non-hydrogen) atoms. The Bertz CT molecular complexity index is 970. The zero-order chi connectivity index (χ0) is 23.4. The number of carbonyl (C=O) groups is 2. The number of benzene rings is 1. The van der Waals surface area contributed by atoms with E-state index in [2.05, 4.69) is 9.88 Å². The van der Waals surface area contributed by atoms with Crippen molar-refractivity contribution >= 4 is 22.9 Å². The van der Waals surface area contributed by atoms with Crippen molar-refractivity contribution in [2.24, 2.45) is 11.8 Å². The number of hydrogen-bond acceptors (Lipinski definition) is 3. The number of carboxylic acids is 1. The minimum Gasteiger partial charge on any atom is -0.480 e. The molecule has 1 amide bonds. The number of aromatic nitrogens is 2. The molecule has 1 unspecified atom stereocenters. The van der Waals surface area contributed by atoms with E-state index in [1.165, 1.54) is 63.6 Å². The van der Waals surface area contributed by atoms with E-state index < -0.39 is 12.0 Å². The van der Waals surface area contributed by atoms with Crippen LogP contribution in [0, 0.1) is 11.8 Å². The Morgan fingerprint density at radius 2 is 1.82 bits per heavy atom. The fourth-order valence-corrected chi connectivity index (χ4v) is 5.69. The van der Waals surface area contributed by atoms with Crippen LogP contribution in [0.2, 0.25) is 0 Å². The van der Waals surface area contributed by atoms with Crippen LogP contribution in [0.5, 0.6) is 0 Å². The molecule has 180 valence electrons. The predicted octanol–water partition coefficient (Wildman–Crippen LogP) is 5.89. The van der Waals surface area contributed by atoms with Crippen molar-refractivity contribution in [3.63, 3.8) is 0 Å². The fraction of sp³-hybridized carbons (Fsp3) is 0.667. The van der Waals surface area contributed by atoms with E-state index in [1.54, 1.807) is 0 Å². The molecule has 2 aromatic rings. The van der Waals surface area contributed by atoms with Crippen molar-refractivity contribution in [2.45, 2.75) is 103 Å². The summed E-state index contributed by atoms with van der Waals surface area (Å²) < 4.78 is 2.47. The summed E-state index contributed by atoms with van der Waals surface area (Å²) in [6.07, 6.45) is 13.8. The van der Waals surface area contributed by atoms with Gasteiger partial charge in [0.15, 0.2) is 0 Å². The Hall–Kier alpha value is -2.37. The molecular weight excluding hydrogens is 414 g/mol. The summed E-state index contributed by atoms with van der Waals surface area (Å²) in [7, 11) is 0. The normalized spacial score (nSPS) is 19.6. The molecule has 0 spiro atoms. The number of rotatable bonds is 9. The summed E-state index contributed by atoms with van der Waals surface area (Å²) in [6.45, 7) is 4.04. The number of amides is 1. The number of nitrogens with zero attached hydrogens (tertiary/aromatic N) is 2. The average molecular weight is 454 g/mol. The van der Waals surface area contributed by atoms with Crippen LogP contribution >= 0.6 is 0 Å². The van der Waals surface area contributed by atoms with Gasteiger partial charge < -0.3 is 15.0 Å². The van der Waals surface area contributed by atoms with Crippen LogP contribution in [0.4, 0.5) is 0 Å². The lowest BCUT2D eigenvalue weighted by Gasteiger charge is -2.26. The summed E-state index contributed by atoms with van der Waals surface area (Å²) in [6, 6.07) is 5.33. The van der Waals surface area contributed by atoms with Crippen molar-refractivity contribution in [1.82, 2.24) is 14.9 Å². The molecule has 0 saturated heterocycles. The molecule has 4 rings (SSSR count). The standard InChI is InChI=1S/C27H39N3O3/c1-3-18(2)15-23(27(32)33)29-26(31)20-13-14-24-22(17-20)28-25(16-19-9-7-8-10-19)30(24)21-11-5-4-6-12-21/h13-14,17-19,21,23H,3-12,15-16H2,1-2H3,(H,29,31)(H,32,33)/t18?,23-/m0/s1. The third-order valence-corrected chi connectivity index (χ3v) is 7.85. The third kappa shape index (κ3) is 5.59. The molecule has 2 aliphatic carbocycles. The Morgan fingerprint density at radius 1 is 1.12 bits per heavy atom. The molecule has 0 bridgehead atoms. The largest absolute Gasteiger partial charge is 0.480 e. The number of nitrogens with one attached hydrogen (secondary N) is 1. The van der Waals surface area contributed by atoms with Gasteiger partial charge in [-0.1, -0.05) is 65.2 Å².